The van der Waals surface area contributed by atoms with Crippen molar-refractivity contribution in [2.45, 2.75) is 64.8 Å². The molecule has 1 aliphatic carbocycles. The van der Waals surface area contributed by atoms with E-state index in [1.807, 2.05) is 7.05 Å². The lowest BCUT2D eigenvalue weighted by atomic mass is 9.75. The zero-order valence-corrected chi connectivity index (χ0v) is 12.9. The van der Waals surface area contributed by atoms with Gasteiger partial charge in [-0.1, -0.05) is 39.5 Å². The summed E-state index contributed by atoms with van der Waals surface area (Å²) in [5.41, 5.74) is -0.152. The Kier molecular flexibility index (Phi) is 4.88. The van der Waals surface area contributed by atoms with Crippen LogP contribution in [0.1, 0.15) is 58.8 Å². The van der Waals surface area contributed by atoms with Gasteiger partial charge in [-0.05, 0) is 31.7 Å². The number of hydrogen-bond donors (Lipinski definition) is 1. The molecule has 0 radical (unpaired) electrons. The number of amides is 1. The van der Waals surface area contributed by atoms with Crippen LogP contribution in [0.2, 0.25) is 0 Å². The fourth-order valence-corrected chi connectivity index (χ4v) is 3.80. The Morgan fingerprint density at radius 1 is 1.21 bits per heavy atom. The molecular weight excluding hydrogens is 236 g/mol. The van der Waals surface area contributed by atoms with Crippen molar-refractivity contribution in [3.05, 3.63) is 0 Å². The van der Waals surface area contributed by atoms with Gasteiger partial charge in [0.2, 0.25) is 5.91 Å². The van der Waals surface area contributed by atoms with Gasteiger partial charge in [-0.15, -0.1) is 0 Å². The van der Waals surface area contributed by atoms with Gasteiger partial charge in [-0.2, -0.15) is 0 Å². The summed E-state index contributed by atoms with van der Waals surface area (Å²) in [4.78, 5) is 15.1. The molecule has 2 rings (SSSR count). The van der Waals surface area contributed by atoms with E-state index in [0.29, 0.717) is 17.9 Å². The van der Waals surface area contributed by atoms with Crippen molar-refractivity contribution in [2.75, 3.05) is 20.1 Å². The molecule has 1 heterocycles. The van der Waals surface area contributed by atoms with E-state index in [1.54, 1.807) is 0 Å². The Balaban J connectivity index is 2.08. The number of nitrogens with one attached hydrogen (secondary N) is 1. The maximum atomic E-state index is 13.0. The van der Waals surface area contributed by atoms with Gasteiger partial charge in [0, 0.05) is 19.6 Å². The zero-order valence-electron chi connectivity index (χ0n) is 12.9. The summed E-state index contributed by atoms with van der Waals surface area (Å²) in [6, 6.07) is 0.478. The molecule has 2 aliphatic rings. The van der Waals surface area contributed by atoms with Gasteiger partial charge >= 0.3 is 0 Å². The molecule has 1 atom stereocenters. The lowest BCUT2D eigenvalue weighted by molar-refractivity contribution is -0.144. The second kappa shape index (κ2) is 6.25. The van der Waals surface area contributed by atoms with Crippen LogP contribution in [0.3, 0.4) is 0 Å². The third-order valence-corrected chi connectivity index (χ3v) is 5.41. The molecule has 0 aromatic carbocycles. The summed E-state index contributed by atoms with van der Waals surface area (Å²) in [7, 11) is 2.04. The topological polar surface area (TPSA) is 32.3 Å². The number of carbonyl (C=O) groups excluding carboxylic acids is 1. The standard InChI is InChI=1S/C16H30N2O/c1-13(2)16(10-11-17-12-16)15(19)18(3)14-8-6-4-5-7-9-14/h13-14,17H,4-12H2,1-3H3. The molecule has 1 unspecified atom stereocenters. The Morgan fingerprint density at radius 2 is 1.84 bits per heavy atom. The van der Waals surface area contributed by atoms with Crippen LogP contribution in [-0.2, 0) is 4.79 Å². The number of nitrogens with zero attached hydrogens (tertiary/aromatic N) is 1. The average molecular weight is 266 g/mol. The molecule has 2 fully saturated rings. The first-order valence-electron chi connectivity index (χ1n) is 8.06. The molecule has 3 heteroatoms. The molecular formula is C16H30N2O. The van der Waals surface area contributed by atoms with E-state index >= 15 is 0 Å². The highest BCUT2D eigenvalue weighted by molar-refractivity contribution is 5.83. The van der Waals surface area contributed by atoms with Crippen LogP contribution < -0.4 is 5.32 Å². The molecule has 19 heavy (non-hydrogen) atoms. The molecule has 1 aliphatic heterocycles. The molecule has 1 N–H and O–H groups in total. The minimum Gasteiger partial charge on any atom is -0.342 e. The van der Waals surface area contributed by atoms with Crippen LogP contribution in [0.4, 0.5) is 0 Å². The Hall–Kier alpha value is -0.570. The van der Waals surface area contributed by atoms with Crippen LogP contribution in [0, 0.1) is 11.3 Å². The molecule has 110 valence electrons. The van der Waals surface area contributed by atoms with Crippen LogP contribution in [-0.4, -0.2) is 37.0 Å². The molecule has 0 bridgehead atoms. The minimum atomic E-state index is -0.152. The van der Waals surface area contributed by atoms with Gasteiger partial charge in [0.1, 0.15) is 0 Å². The van der Waals surface area contributed by atoms with E-state index < -0.39 is 0 Å². The first kappa shape index (κ1) is 14.8. The SMILES string of the molecule is CC(C)C1(C(=O)N(C)C2CCCCCC2)CCNC1. The van der Waals surface area contributed by atoms with Crippen molar-refractivity contribution in [3.8, 4) is 0 Å². The maximum absolute atomic E-state index is 13.0. The summed E-state index contributed by atoms with van der Waals surface area (Å²) in [6.45, 7) is 6.25. The third kappa shape index (κ3) is 2.96. The largest absolute Gasteiger partial charge is 0.342 e. The highest BCUT2D eigenvalue weighted by atomic mass is 16.2. The Labute approximate surface area is 118 Å². The third-order valence-electron chi connectivity index (χ3n) is 5.41. The van der Waals surface area contributed by atoms with Crippen molar-refractivity contribution >= 4 is 5.91 Å². The van der Waals surface area contributed by atoms with E-state index in [1.165, 1.54) is 38.5 Å². The molecule has 0 aromatic rings. The maximum Gasteiger partial charge on any atom is 0.230 e. The molecule has 1 saturated heterocycles. The van der Waals surface area contributed by atoms with Crippen LogP contribution in [0.25, 0.3) is 0 Å². The average Bonchev–Trinajstić information content (AvgIpc) is 2.74. The van der Waals surface area contributed by atoms with Crippen molar-refractivity contribution < 1.29 is 4.79 Å². The lowest BCUT2D eigenvalue weighted by Crippen LogP contribution is -2.50. The quantitative estimate of drug-likeness (QED) is 0.797. The number of rotatable bonds is 3. The van der Waals surface area contributed by atoms with E-state index in [0.717, 1.165) is 19.5 Å². The van der Waals surface area contributed by atoms with Crippen molar-refractivity contribution in [3.63, 3.8) is 0 Å². The predicted octanol–water partition coefficient (Wildman–Crippen LogP) is 2.80. The molecule has 1 saturated carbocycles. The molecule has 3 nitrogen and oxygen atoms in total. The van der Waals surface area contributed by atoms with Crippen LogP contribution in [0.5, 0.6) is 0 Å². The first-order chi connectivity index (χ1) is 9.08. The van der Waals surface area contributed by atoms with Crippen LogP contribution in [0.15, 0.2) is 0 Å². The van der Waals surface area contributed by atoms with Gasteiger partial charge in [0.15, 0.2) is 0 Å². The highest BCUT2D eigenvalue weighted by Crippen LogP contribution is 2.37. The molecule has 0 spiro atoms. The van der Waals surface area contributed by atoms with E-state index in [4.69, 9.17) is 0 Å². The monoisotopic (exact) mass is 266 g/mol. The van der Waals surface area contributed by atoms with E-state index in [9.17, 15) is 4.79 Å². The molecule has 1 amide bonds. The smallest absolute Gasteiger partial charge is 0.230 e. The number of hydrogen-bond acceptors (Lipinski definition) is 2. The summed E-state index contributed by atoms with van der Waals surface area (Å²) >= 11 is 0. The fourth-order valence-electron chi connectivity index (χ4n) is 3.80. The Morgan fingerprint density at radius 3 is 2.32 bits per heavy atom. The first-order valence-corrected chi connectivity index (χ1v) is 8.06. The van der Waals surface area contributed by atoms with Crippen molar-refractivity contribution in [1.29, 1.82) is 0 Å². The van der Waals surface area contributed by atoms with Gasteiger partial charge in [-0.3, -0.25) is 4.79 Å². The fraction of sp³-hybridized carbons (Fsp3) is 0.938. The van der Waals surface area contributed by atoms with Gasteiger partial charge in [-0.25, -0.2) is 0 Å². The predicted molar refractivity (Wildman–Crippen MR) is 79.0 cm³/mol. The van der Waals surface area contributed by atoms with Gasteiger partial charge < -0.3 is 10.2 Å². The number of carbonyl (C=O) groups is 1. The van der Waals surface area contributed by atoms with E-state index in [2.05, 4.69) is 24.1 Å². The normalized spacial score (nSPS) is 29.5. The summed E-state index contributed by atoms with van der Waals surface area (Å²) < 4.78 is 0. The second-order valence-corrected chi connectivity index (χ2v) is 6.80. The van der Waals surface area contributed by atoms with Gasteiger partial charge in [0.05, 0.1) is 5.41 Å². The summed E-state index contributed by atoms with van der Waals surface area (Å²) in [5.74, 6) is 0.808. The summed E-state index contributed by atoms with van der Waals surface area (Å²) in [5, 5.41) is 3.40. The zero-order chi connectivity index (χ0) is 13.9. The Bertz CT molecular complexity index is 300. The minimum absolute atomic E-state index is 0.152. The second-order valence-electron chi connectivity index (χ2n) is 6.80. The van der Waals surface area contributed by atoms with Crippen molar-refractivity contribution in [2.24, 2.45) is 11.3 Å². The van der Waals surface area contributed by atoms with Crippen molar-refractivity contribution in [1.82, 2.24) is 10.2 Å². The highest BCUT2D eigenvalue weighted by Gasteiger charge is 2.46. The lowest BCUT2D eigenvalue weighted by Gasteiger charge is -2.38. The molecule has 0 aromatic heterocycles. The van der Waals surface area contributed by atoms with E-state index in [-0.39, 0.29) is 5.41 Å². The van der Waals surface area contributed by atoms with Crippen LogP contribution >= 0.6 is 0 Å². The summed E-state index contributed by atoms with van der Waals surface area (Å²) in [6.07, 6.45) is 8.66. The van der Waals surface area contributed by atoms with Gasteiger partial charge in [0.25, 0.3) is 0 Å².